The number of carbonyl (C=O) groups excluding carboxylic acids is 2. The quantitative estimate of drug-likeness (QED) is 0.626. The predicted molar refractivity (Wildman–Crippen MR) is 82.0 cm³/mol. The Labute approximate surface area is 132 Å². The first kappa shape index (κ1) is 16.0. The average Bonchev–Trinajstić information content (AvgIpc) is 3.17. The molecule has 124 valence electrons. The maximum atomic E-state index is 12.6. The highest BCUT2D eigenvalue weighted by atomic mass is 16.6. The molecule has 1 N–H and O–H groups in total. The second-order valence-electron chi connectivity index (χ2n) is 7.92. The van der Waals surface area contributed by atoms with Crippen LogP contribution in [0.2, 0.25) is 0 Å². The Morgan fingerprint density at radius 1 is 1.32 bits per heavy atom. The lowest BCUT2D eigenvalue weighted by molar-refractivity contribution is -0.184. The first-order valence-corrected chi connectivity index (χ1v) is 8.73. The molecule has 22 heavy (non-hydrogen) atoms. The molecule has 3 rings (SSSR count). The molecule has 3 aliphatic rings. The van der Waals surface area contributed by atoms with Crippen LogP contribution in [0.1, 0.15) is 59.3 Å². The van der Waals surface area contributed by atoms with Crippen LogP contribution in [-0.2, 0) is 14.3 Å². The zero-order valence-corrected chi connectivity index (χ0v) is 13.9. The third-order valence-corrected chi connectivity index (χ3v) is 7.03. The number of aliphatic hydroxyl groups is 1. The number of aliphatic hydroxyl groups excluding tert-OH is 1. The molecule has 0 aliphatic heterocycles. The number of hydrogen-bond acceptors (Lipinski definition) is 4. The minimum absolute atomic E-state index is 0.326. The van der Waals surface area contributed by atoms with Crippen LogP contribution in [0, 0.1) is 29.1 Å². The number of ketones is 1. The summed E-state index contributed by atoms with van der Waals surface area (Å²) in [5.41, 5.74) is -1.82. The minimum Gasteiger partial charge on any atom is -0.458 e. The normalized spacial score (nSPS) is 42.0. The number of fused-ring (bicyclic) bond motifs is 5. The smallest absolute Gasteiger partial charge is 0.322 e. The van der Waals surface area contributed by atoms with E-state index in [1.165, 1.54) is 39.5 Å². The fraction of sp³-hybridized carbons (Fsp3) is 0.889. The molecule has 0 radical (unpaired) electrons. The van der Waals surface area contributed by atoms with E-state index in [0.29, 0.717) is 17.8 Å². The van der Waals surface area contributed by atoms with Crippen LogP contribution < -0.4 is 0 Å². The Hall–Kier alpha value is -0.900. The molecule has 4 nitrogen and oxygen atoms in total. The number of ether oxygens (including phenoxy) is 1. The van der Waals surface area contributed by atoms with Crippen molar-refractivity contribution < 1.29 is 19.4 Å². The first-order valence-electron chi connectivity index (χ1n) is 8.73. The zero-order chi connectivity index (χ0) is 16.1. The van der Waals surface area contributed by atoms with E-state index in [0.717, 1.165) is 18.8 Å². The molecule has 0 saturated heterocycles. The first-order chi connectivity index (χ1) is 10.4. The molecule has 0 aromatic heterocycles. The number of rotatable bonds is 5. The van der Waals surface area contributed by atoms with Crippen molar-refractivity contribution in [3.05, 3.63) is 0 Å². The van der Waals surface area contributed by atoms with Gasteiger partial charge in [0.15, 0.2) is 0 Å². The van der Waals surface area contributed by atoms with E-state index in [4.69, 9.17) is 4.74 Å². The number of Topliss-reactive ketones (excluding diaryl/α,β-unsaturated/α-hetero) is 1. The predicted octanol–water partition coefficient (Wildman–Crippen LogP) is 2.72. The van der Waals surface area contributed by atoms with Crippen LogP contribution in [0.15, 0.2) is 0 Å². The third kappa shape index (κ3) is 2.06. The summed E-state index contributed by atoms with van der Waals surface area (Å²) in [7, 11) is 0. The number of hydrogen-bond donors (Lipinski definition) is 1. The van der Waals surface area contributed by atoms with E-state index in [9.17, 15) is 14.7 Å². The average molecular weight is 308 g/mol. The van der Waals surface area contributed by atoms with Crippen LogP contribution in [0.3, 0.4) is 0 Å². The molecule has 6 unspecified atom stereocenters. The Bertz CT molecular complexity index is 487. The molecule has 0 aromatic rings. The van der Waals surface area contributed by atoms with E-state index in [1.54, 1.807) is 0 Å². The highest BCUT2D eigenvalue weighted by molar-refractivity contribution is 6.02. The maximum absolute atomic E-state index is 12.6. The van der Waals surface area contributed by atoms with Crippen molar-refractivity contribution in [1.29, 1.82) is 0 Å². The van der Waals surface area contributed by atoms with Gasteiger partial charge in [-0.05, 0) is 63.7 Å². The SMILES string of the molecule is CCC1(OC(=O)C(C)(CO)C(C)=O)CC2CC1C1CCCC21. The summed E-state index contributed by atoms with van der Waals surface area (Å²) in [6.45, 7) is 4.44. The van der Waals surface area contributed by atoms with Crippen LogP contribution in [-0.4, -0.2) is 29.1 Å². The standard InChI is InChI=1S/C18H28O4/c1-4-18(22-16(21)17(3,10-19)11(2)20)9-12-8-15(18)14-7-5-6-13(12)14/h12-15,19H,4-10H2,1-3H3. The fourth-order valence-corrected chi connectivity index (χ4v) is 5.43. The fourth-order valence-electron chi connectivity index (χ4n) is 5.43. The molecule has 3 saturated carbocycles. The summed E-state index contributed by atoms with van der Waals surface area (Å²) in [5, 5.41) is 9.52. The topological polar surface area (TPSA) is 63.6 Å². The lowest BCUT2D eigenvalue weighted by Crippen LogP contribution is -2.50. The van der Waals surface area contributed by atoms with E-state index in [1.807, 2.05) is 0 Å². The van der Waals surface area contributed by atoms with Gasteiger partial charge in [0, 0.05) is 5.92 Å². The summed E-state index contributed by atoms with van der Waals surface area (Å²) in [4.78, 5) is 24.4. The molecular weight excluding hydrogens is 280 g/mol. The Kier molecular flexibility index (Phi) is 3.87. The summed E-state index contributed by atoms with van der Waals surface area (Å²) in [6, 6.07) is 0. The monoisotopic (exact) mass is 308 g/mol. The van der Waals surface area contributed by atoms with Gasteiger partial charge in [-0.1, -0.05) is 13.3 Å². The van der Waals surface area contributed by atoms with Gasteiger partial charge < -0.3 is 9.84 Å². The maximum Gasteiger partial charge on any atom is 0.322 e. The van der Waals surface area contributed by atoms with Gasteiger partial charge >= 0.3 is 5.97 Å². The molecule has 0 amide bonds. The Morgan fingerprint density at radius 3 is 2.59 bits per heavy atom. The van der Waals surface area contributed by atoms with Crippen molar-refractivity contribution in [2.75, 3.05) is 6.61 Å². The van der Waals surface area contributed by atoms with Crippen LogP contribution in [0.25, 0.3) is 0 Å². The molecule has 0 heterocycles. The molecule has 6 atom stereocenters. The second kappa shape index (κ2) is 5.33. The van der Waals surface area contributed by atoms with Gasteiger partial charge in [-0.3, -0.25) is 9.59 Å². The second-order valence-corrected chi connectivity index (χ2v) is 7.92. The summed E-state index contributed by atoms with van der Waals surface area (Å²) in [6.07, 6.45) is 6.82. The molecule has 3 aliphatic carbocycles. The molecule has 3 fully saturated rings. The summed E-state index contributed by atoms with van der Waals surface area (Å²) in [5.74, 6) is 1.81. The molecule has 0 spiro atoms. The Balaban J connectivity index is 1.81. The van der Waals surface area contributed by atoms with Crippen LogP contribution in [0.5, 0.6) is 0 Å². The van der Waals surface area contributed by atoms with E-state index < -0.39 is 23.6 Å². The van der Waals surface area contributed by atoms with E-state index in [-0.39, 0.29) is 5.78 Å². The molecule has 0 aromatic carbocycles. The Morgan fingerprint density at radius 2 is 2.00 bits per heavy atom. The zero-order valence-electron chi connectivity index (χ0n) is 13.9. The van der Waals surface area contributed by atoms with E-state index >= 15 is 0 Å². The number of carbonyl (C=O) groups is 2. The van der Waals surface area contributed by atoms with Gasteiger partial charge in [0.1, 0.15) is 16.8 Å². The molecular formula is C18H28O4. The van der Waals surface area contributed by atoms with Gasteiger partial charge in [0.25, 0.3) is 0 Å². The third-order valence-electron chi connectivity index (χ3n) is 7.03. The largest absolute Gasteiger partial charge is 0.458 e. The molecule has 2 bridgehead atoms. The number of esters is 1. The minimum atomic E-state index is -1.42. The van der Waals surface area contributed by atoms with Crippen molar-refractivity contribution in [2.24, 2.45) is 29.1 Å². The van der Waals surface area contributed by atoms with Gasteiger partial charge in [0.05, 0.1) is 6.61 Å². The van der Waals surface area contributed by atoms with E-state index in [2.05, 4.69) is 6.92 Å². The molecule has 4 heteroatoms. The van der Waals surface area contributed by atoms with Gasteiger partial charge in [-0.2, -0.15) is 0 Å². The van der Waals surface area contributed by atoms with Crippen molar-refractivity contribution in [2.45, 2.75) is 64.9 Å². The highest BCUT2D eigenvalue weighted by Gasteiger charge is 2.62. The van der Waals surface area contributed by atoms with Gasteiger partial charge in [0.2, 0.25) is 0 Å². The van der Waals surface area contributed by atoms with Crippen molar-refractivity contribution in [3.8, 4) is 0 Å². The summed E-state index contributed by atoms with van der Waals surface area (Å²) >= 11 is 0. The lowest BCUT2D eigenvalue weighted by atomic mass is 9.71. The van der Waals surface area contributed by atoms with Gasteiger partial charge in [-0.15, -0.1) is 0 Å². The lowest BCUT2D eigenvalue weighted by Gasteiger charge is -2.43. The van der Waals surface area contributed by atoms with Crippen molar-refractivity contribution in [1.82, 2.24) is 0 Å². The summed E-state index contributed by atoms with van der Waals surface area (Å²) < 4.78 is 5.99. The van der Waals surface area contributed by atoms with Gasteiger partial charge in [-0.25, -0.2) is 0 Å². The van der Waals surface area contributed by atoms with Crippen molar-refractivity contribution >= 4 is 11.8 Å². The van der Waals surface area contributed by atoms with Crippen LogP contribution >= 0.6 is 0 Å². The van der Waals surface area contributed by atoms with Crippen molar-refractivity contribution in [3.63, 3.8) is 0 Å². The highest BCUT2D eigenvalue weighted by Crippen LogP contribution is 2.64. The van der Waals surface area contributed by atoms with Crippen LogP contribution in [0.4, 0.5) is 0 Å².